The van der Waals surface area contributed by atoms with Crippen molar-refractivity contribution < 1.29 is 23.5 Å². The van der Waals surface area contributed by atoms with Crippen LogP contribution < -0.4 is 20.2 Å². The predicted octanol–water partition coefficient (Wildman–Crippen LogP) is 6.32. The molecule has 0 saturated carbocycles. The third-order valence-corrected chi connectivity index (χ3v) is 5.66. The first-order chi connectivity index (χ1) is 18.3. The first-order valence-corrected chi connectivity index (χ1v) is 12.4. The summed E-state index contributed by atoms with van der Waals surface area (Å²) in [7, 11) is 0. The number of hydrogen-bond acceptors (Lipinski definition) is 5. The van der Waals surface area contributed by atoms with Crippen molar-refractivity contribution in [3.63, 3.8) is 0 Å². The first-order valence-electron chi connectivity index (χ1n) is 11.6. The minimum Gasteiger partial charge on any atom is -0.490 e. The average molecular weight is 558 g/mol. The van der Waals surface area contributed by atoms with Crippen LogP contribution in [0.1, 0.15) is 30.0 Å². The van der Waals surface area contributed by atoms with Crippen molar-refractivity contribution in [3.8, 4) is 11.5 Å². The van der Waals surface area contributed by atoms with E-state index in [1.165, 1.54) is 24.4 Å². The van der Waals surface area contributed by atoms with Crippen LogP contribution in [0.15, 0.2) is 72.4 Å². The smallest absolute Gasteiger partial charge is 0.249 e. The number of rotatable bonds is 12. The minimum atomic E-state index is -0.669. The van der Waals surface area contributed by atoms with Crippen LogP contribution in [-0.2, 0) is 22.6 Å². The summed E-state index contributed by atoms with van der Waals surface area (Å²) < 4.78 is 25.6. The van der Waals surface area contributed by atoms with Crippen molar-refractivity contribution in [2.24, 2.45) is 5.10 Å². The molecule has 0 unspecified atom stereocenters. The van der Waals surface area contributed by atoms with Gasteiger partial charge in [-0.3, -0.25) is 9.59 Å². The summed E-state index contributed by atoms with van der Waals surface area (Å²) in [5, 5.41) is 7.30. The van der Waals surface area contributed by atoms with Crippen molar-refractivity contribution in [1.82, 2.24) is 5.43 Å². The van der Waals surface area contributed by atoms with Crippen LogP contribution >= 0.6 is 23.2 Å². The summed E-state index contributed by atoms with van der Waals surface area (Å²) in [5.41, 5.74) is 4.46. The molecule has 2 amide bonds. The lowest BCUT2D eigenvalue weighted by Crippen LogP contribution is -2.25. The Labute approximate surface area is 230 Å². The Morgan fingerprint density at radius 1 is 1.05 bits per heavy atom. The molecule has 3 aromatic carbocycles. The number of para-hydroxylation sites is 1. The van der Waals surface area contributed by atoms with Gasteiger partial charge in [-0.1, -0.05) is 47.5 Å². The standard InChI is InChI=1S/C28H26Cl2FN3O4/c1-3-7-19-12-18(16-32-34-27(36)15-26(35)33-24-9-6-5-8-23(24)31)13-25(37-4-2)28(19)38-17-20-10-11-21(29)14-22(20)30/h3,5-6,8-14,16H,1,4,7,15,17H2,2H3,(H,33,35)(H,34,36). The van der Waals surface area contributed by atoms with Crippen LogP contribution in [-0.4, -0.2) is 24.6 Å². The molecule has 10 heteroatoms. The van der Waals surface area contributed by atoms with Gasteiger partial charge in [0.05, 0.1) is 18.5 Å². The van der Waals surface area contributed by atoms with Gasteiger partial charge in [-0.15, -0.1) is 6.58 Å². The van der Waals surface area contributed by atoms with Crippen molar-refractivity contribution in [2.75, 3.05) is 11.9 Å². The summed E-state index contributed by atoms with van der Waals surface area (Å²) in [4.78, 5) is 24.2. The molecule has 0 atom stereocenters. The molecule has 3 rings (SSSR count). The monoisotopic (exact) mass is 557 g/mol. The molecule has 0 aliphatic rings. The summed E-state index contributed by atoms with van der Waals surface area (Å²) >= 11 is 12.3. The van der Waals surface area contributed by atoms with Gasteiger partial charge in [0.1, 0.15) is 18.8 Å². The number of hydrazone groups is 1. The van der Waals surface area contributed by atoms with Crippen LogP contribution in [0.2, 0.25) is 10.0 Å². The number of benzene rings is 3. The molecule has 0 aliphatic carbocycles. The topological polar surface area (TPSA) is 89.0 Å². The number of carbonyl (C=O) groups excluding carboxylic acids is 2. The van der Waals surface area contributed by atoms with Gasteiger partial charge in [0.15, 0.2) is 11.5 Å². The molecular formula is C28H26Cl2FN3O4. The normalized spacial score (nSPS) is 10.7. The summed E-state index contributed by atoms with van der Waals surface area (Å²) in [5.74, 6) is -0.913. The highest BCUT2D eigenvalue weighted by Crippen LogP contribution is 2.35. The van der Waals surface area contributed by atoms with E-state index < -0.39 is 24.1 Å². The second-order valence-electron chi connectivity index (χ2n) is 7.96. The third-order valence-electron chi connectivity index (χ3n) is 5.08. The molecule has 0 aromatic heterocycles. The maximum absolute atomic E-state index is 13.7. The van der Waals surface area contributed by atoms with Crippen LogP contribution in [0, 0.1) is 5.82 Å². The maximum atomic E-state index is 13.7. The average Bonchev–Trinajstić information content (AvgIpc) is 2.86. The number of halogens is 3. The third kappa shape index (κ3) is 8.33. The van der Waals surface area contributed by atoms with Gasteiger partial charge in [-0.05, 0) is 55.3 Å². The van der Waals surface area contributed by atoms with Gasteiger partial charge >= 0.3 is 0 Å². The minimum absolute atomic E-state index is 0.00681. The van der Waals surface area contributed by atoms with Gasteiger partial charge in [-0.2, -0.15) is 5.10 Å². The summed E-state index contributed by atoms with van der Waals surface area (Å²) in [6.07, 6.45) is 3.09. The van der Waals surface area contributed by atoms with E-state index >= 15 is 0 Å². The highest BCUT2D eigenvalue weighted by atomic mass is 35.5. The maximum Gasteiger partial charge on any atom is 0.249 e. The number of allylic oxidation sites excluding steroid dienone is 1. The fraction of sp³-hybridized carbons (Fsp3) is 0.179. The molecule has 0 aliphatic heterocycles. The molecule has 3 aromatic rings. The number of ether oxygens (including phenoxy) is 2. The Morgan fingerprint density at radius 2 is 1.84 bits per heavy atom. The molecule has 0 radical (unpaired) electrons. The van der Waals surface area contributed by atoms with Gasteiger partial charge < -0.3 is 14.8 Å². The number of hydrogen-bond donors (Lipinski definition) is 2. The zero-order valence-corrected chi connectivity index (χ0v) is 22.1. The van der Waals surface area contributed by atoms with Crippen molar-refractivity contribution in [3.05, 3.63) is 99.8 Å². The zero-order chi connectivity index (χ0) is 27.5. The number of amides is 2. The van der Waals surface area contributed by atoms with Crippen molar-refractivity contribution in [1.29, 1.82) is 0 Å². The van der Waals surface area contributed by atoms with Crippen LogP contribution in [0.3, 0.4) is 0 Å². The molecule has 7 nitrogen and oxygen atoms in total. The fourth-order valence-electron chi connectivity index (χ4n) is 3.40. The number of anilines is 1. The molecule has 0 heterocycles. The van der Waals surface area contributed by atoms with E-state index in [1.807, 2.05) is 13.0 Å². The van der Waals surface area contributed by atoms with Gasteiger partial charge in [-0.25, -0.2) is 9.82 Å². The molecule has 2 N–H and O–H groups in total. The summed E-state index contributed by atoms with van der Waals surface area (Å²) in [6.45, 7) is 6.24. The second kappa shape index (κ2) is 14.2. The predicted molar refractivity (Wildman–Crippen MR) is 148 cm³/mol. The van der Waals surface area contributed by atoms with Crippen LogP contribution in [0.4, 0.5) is 10.1 Å². The lowest BCUT2D eigenvalue weighted by atomic mass is 10.1. The van der Waals surface area contributed by atoms with Crippen LogP contribution in [0.5, 0.6) is 11.5 Å². The molecule has 38 heavy (non-hydrogen) atoms. The summed E-state index contributed by atoms with van der Waals surface area (Å²) in [6, 6.07) is 14.4. The molecule has 198 valence electrons. The quantitative estimate of drug-likeness (QED) is 0.118. The van der Waals surface area contributed by atoms with Crippen molar-refractivity contribution >= 4 is 46.9 Å². The number of nitrogens with one attached hydrogen (secondary N) is 2. The van der Waals surface area contributed by atoms with E-state index in [-0.39, 0.29) is 12.3 Å². The first kappa shape index (κ1) is 28.7. The second-order valence-corrected chi connectivity index (χ2v) is 8.80. The van der Waals surface area contributed by atoms with Crippen molar-refractivity contribution in [2.45, 2.75) is 26.4 Å². The van der Waals surface area contributed by atoms with E-state index in [0.29, 0.717) is 40.1 Å². The lowest BCUT2D eigenvalue weighted by Gasteiger charge is -2.17. The van der Waals surface area contributed by atoms with Crippen LogP contribution in [0.25, 0.3) is 0 Å². The lowest BCUT2D eigenvalue weighted by molar-refractivity contribution is -0.126. The van der Waals surface area contributed by atoms with Gasteiger partial charge in [0.25, 0.3) is 0 Å². The Bertz CT molecular complexity index is 1350. The molecule has 0 saturated heterocycles. The Hall–Kier alpha value is -3.88. The van der Waals surface area contributed by atoms with E-state index in [0.717, 1.165) is 11.1 Å². The molecule has 0 fully saturated rings. The molecule has 0 spiro atoms. The van der Waals surface area contributed by atoms with Gasteiger partial charge in [0.2, 0.25) is 11.8 Å². The molecular weight excluding hydrogens is 532 g/mol. The SMILES string of the molecule is C=CCc1cc(C=NNC(=O)CC(=O)Nc2ccccc2F)cc(OCC)c1OCc1ccc(Cl)cc1Cl. The highest BCUT2D eigenvalue weighted by Gasteiger charge is 2.15. The molecule has 0 bridgehead atoms. The van der Waals surface area contributed by atoms with E-state index in [1.54, 1.807) is 36.4 Å². The fourth-order valence-corrected chi connectivity index (χ4v) is 3.86. The van der Waals surface area contributed by atoms with E-state index in [9.17, 15) is 14.0 Å². The zero-order valence-electron chi connectivity index (χ0n) is 20.6. The van der Waals surface area contributed by atoms with E-state index in [4.69, 9.17) is 32.7 Å². The Morgan fingerprint density at radius 3 is 2.55 bits per heavy atom. The Kier molecular flexibility index (Phi) is 10.7. The van der Waals surface area contributed by atoms with E-state index in [2.05, 4.69) is 22.4 Å². The number of nitrogens with zero attached hydrogens (tertiary/aromatic N) is 1. The number of carbonyl (C=O) groups is 2. The largest absolute Gasteiger partial charge is 0.490 e. The van der Waals surface area contributed by atoms with Gasteiger partial charge in [0, 0.05) is 21.2 Å². The Balaban J connectivity index is 1.69. The highest BCUT2D eigenvalue weighted by molar-refractivity contribution is 6.35.